The Balaban J connectivity index is 1.97. The molecule has 1 heterocycles. The van der Waals surface area contributed by atoms with Crippen molar-refractivity contribution in [3.63, 3.8) is 0 Å². The molecule has 0 aromatic rings. The third-order valence-electron chi connectivity index (χ3n) is 4.30. The molecule has 0 aromatic heterocycles. The lowest BCUT2D eigenvalue weighted by atomic mass is 9.81. The van der Waals surface area contributed by atoms with Crippen molar-refractivity contribution >= 4 is 0 Å². The molecule has 0 aromatic carbocycles. The van der Waals surface area contributed by atoms with Gasteiger partial charge < -0.3 is 5.32 Å². The van der Waals surface area contributed by atoms with Crippen LogP contribution in [0.15, 0.2) is 0 Å². The Hall–Kier alpha value is -0.0400. The molecule has 1 heteroatoms. The predicted octanol–water partition coefficient (Wildman–Crippen LogP) is 2.81. The molecule has 1 saturated carbocycles. The fourth-order valence-electron chi connectivity index (χ4n) is 3.58. The lowest BCUT2D eigenvalue weighted by Gasteiger charge is -2.28. The van der Waals surface area contributed by atoms with E-state index in [1.165, 1.54) is 38.8 Å². The highest BCUT2D eigenvalue weighted by Crippen LogP contribution is 2.70. The van der Waals surface area contributed by atoms with Crippen molar-refractivity contribution in [1.82, 2.24) is 5.32 Å². The van der Waals surface area contributed by atoms with Crippen molar-refractivity contribution in [2.24, 2.45) is 16.7 Å². The first kappa shape index (κ1) is 9.51. The summed E-state index contributed by atoms with van der Waals surface area (Å²) in [6.07, 6.45) is 5.79. The van der Waals surface area contributed by atoms with Gasteiger partial charge in [0.15, 0.2) is 0 Å². The van der Waals surface area contributed by atoms with Gasteiger partial charge in [-0.05, 0) is 55.5 Å². The summed E-state index contributed by atoms with van der Waals surface area (Å²) >= 11 is 0. The van der Waals surface area contributed by atoms with Gasteiger partial charge in [-0.2, -0.15) is 0 Å². The second-order valence-corrected chi connectivity index (χ2v) is 5.87. The minimum Gasteiger partial charge on any atom is -0.317 e. The number of hydrogen-bond donors (Lipinski definition) is 1. The van der Waals surface area contributed by atoms with Crippen LogP contribution < -0.4 is 5.32 Å². The monoisotopic (exact) mass is 181 g/mol. The van der Waals surface area contributed by atoms with E-state index in [1.807, 2.05) is 0 Å². The van der Waals surface area contributed by atoms with Gasteiger partial charge in [0, 0.05) is 0 Å². The first-order valence-electron chi connectivity index (χ1n) is 5.79. The molecule has 2 aliphatic rings. The summed E-state index contributed by atoms with van der Waals surface area (Å²) in [6, 6.07) is 0. The Labute approximate surface area is 82.3 Å². The standard InChI is InChI=1S/C12H23N/c1-10(2)8-11(3)9-12(11)4-6-13-7-5-12/h10,13H,4-9H2,1-3H3. The van der Waals surface area contributed by atoms with Gasteiger partial charge in [-0.1, -0.05) is 20.8 Å². The van der Waals surface area contributed by atoms with Crippen LogP contribution in [0.3, 0.4) is 0 Å². The molecule has 0 bridgehead atoms. The van der Waals surface area contributed by atoms with E-state index in [0.717, 1.165) is 11.3 Å². The molecule has 1 N–H and O–H groups in total. The quantitative estimate of drug-likeness (QED) is 0.690. The van der Waals surface area contributed by atoms with E-state index in [9.17, 15) is 0 Å². The number of piperidine rings is 1. The van der Waals surface area contributed by atoms with Crippen LogP contribution in [0.1, 0.15) is 46.5 Å². The summed E-state index contributed by atoms with van der Waals surface area (Å²) < 4.78 is 0. The van der Waals surface area contributed by atoms with Crippen LogP contribution in [0, 0.1) is 16.7 Å². The Kier molecular flexibility index (Phi) is 2.18. The smallest absolute Gasteiger partial charge is 0.00434 e. The van der Waals surface area contributed by atoms with Gasteiger partial charge in [0.2, 0.25) is 0 Å². The van der Waals surface area contributed by atoms with Crippen molar-refractivity contribution < 1.29 is 0 Å². The minimum absolute atomic E-state index is 0.698. The van der Waals surface area contributed by atoms with E-state index < -0.39 is 0 Å². The Morgan fingerprint density at radius 2 is 1.85 bits per heavy atom. The molecule has 1 spiro atoms. The molecule has 2 rings (SSSR count). The molecule has 76 valence electrons. The first-order chi connectivity index (χ1) is 6.08. The number of nitrogens with one attached hydrogen (secondary N) is 1. The Morgan fingerprint density at radius 3 is 2.38 bits per heavy atom. The maximum atomic E-state index is 3.47. The molecule has 1 aliphatic carbocycles. The highest BCUT2D eigenvalue weighted by molar-refractivity contribution is 5.13. The summed E-state index contributed by atoms with van der Waals surface area (Å²) in [7, 11) is 0. The highest BCUT2D eigenvalue weighted by Gasteiger charge is 2.62. The van der Waals surface area contributed by atoms with Crippen molar-refractivity contribution in [3.8, 4) is 0 Å². The maximum absolute atomic E-state index is 3.47. The van der Waals surface area contributed by atoms with Gasteiger partial charge in [-0.3, -0.25) is 0 Å². The van der Waals surface area contributed by atoms with Gasteiger partial charge in [0.25, 0.3) is 0 Å². The molecule has 1 saturated heterocycles. The maximum Gasteiger partial charge on any atom is -0.00434 e. The first-order valence-corrected chi connectivity index (χ1v) is 5.79. The average molecular weight is 181 g/mol. The van der Waals surface area contributed by atoms with E-state index in [1.54, 1.807) is 0 Å². The Morgan fingerprint density at radius 1 is 1.23 bits per heavy atom. The summed E-state index contributed by atoms with van der Waals surface area (Å²) in [5, 5.41) is 3.47. The predicted molar refractivity (Wildman–Crippen MR) is 56.7 cm³/mol. The summed E-state index contributed by atoms with van der Waals surface area (Å²) in [6.45, 7) is 9.75. The number of rotatable bonds is 2. The molecule has 1 unspecified atom stereocenters. The van der Waals surface area contributed by atoms with Crippen molar-refractivity contribution in [1.29, 1.82) is 0 Å². The van der Waals surface area contributed by atoms with Gasteiger partial charge in [0.05, 0.1) is 0 Å². The molecule has 1 nitrogen and oxygen atoms in total. The fourth-order valence-corrected chi connectivity index (χ4v) is 3.58. The third-order valence-corrected chi connectivity index (χ3v) is 4.30. The van der Waals surface area contributed by atoms with E-state index in [2.05, 4.69) is 26.1 Å². The van der Waals surface area contributed by atoms with E-state index in [4.69, 9.17) is 0 Å². The SMILES string of the molecule is CC(C)CC1(C)CC12CCNCC2. The largest absolute Gasteiger partial charge is 0.317 e. The van der Waals surface area contributed by atoms with Crippen molar-refractivity contribution in [2.75, 3.05) is 13.1 Å². The third kappa shape index (κ3) is 1.52. The molecular formula is C12H23N. The van der Waals surface area contributed by atoms with E-state index in [-0.39, 0.29) is 0 Å². The zero-order valence-corrected chi connectivity index (χ0v) is 9.32. The van der Waals surface area contributed by atoms with Gasteiger partial charge in [-0.25, -0.2) is 0 Å². The summed E-state index contributed by atoms with van der Waals surface area (Å²) in [5.74, 6) is 0.874. The number of hydrogen-bond acceptors (Lipinski definition) is 1. The van der Waals surface area contributed by atoms with Gasteiger partial charge >= 0.3 is 0 Å². The van der Waals surface area contributed by atoms with Crippen LogP contribution in [0.4, 0.5) is 0 Å². The highest BCUT2D eigenvalue weighted by atomic mass is 14.9. The lowest BCUT2D eigenvalue weighted by Crippen LogP contribution is -2.31. The second-order valence-electron chi connectivity index (χ2n) is 5.87. The minimum atomic E-state index is 0.698. The Bertz CT molecular complexity index is 191. The summed E-state index contributed by atoms with van der Waals surface area (Å²) in [5.41, 5.74) is 1.45. The van der Waals surface area contributed by atoms with Crippen molar-refractivity contribution in [2.45, 2.75) is 46.5 Å². The van der Waals surface area contributed by atoms with Crippen LogP contribution in [-0.2, 0) is 0 Å². The molecule has 1 atom stereocenters. The molecule has 0 amide bonds. The molecule has 2 fully saturated rings. The zero-order chi connectivity index (χ0) is 9.53. The molecule has 1 aliphatic heterocycles. The summed E-state index contributed by atoms with van der Waals surface area (Å²) in [4.78, 5) is 0. The second kappa shape index (κ2) is 2.98. The van der Waals surface area contributed by atoms with E-state index in [0.29, 0.717) is 5.41 Å². The van der Waals surface area contributed by atoms with Crippen LogP contribution >= 0.6 is 0 Å². The fraction of sp³-hybridized carbons (Fsp3) is 1.00. The molecular weight excluding hydrogens is 158 g/mol. The van der Waals surface area contributed by atoms with Gasteiger partial charge in [0.1, 0.15) is 0 Å². The van der Waals surface area contributed by atoms with Crippen LogP contribution in [0.2, 0.25) is 0 Å². The van der Waals surface area contributed by atoms with E-state index >= 15 is 0 Å². The van der Waals surface area contributed by atoms with Crippen LogP contribution in [-0.4, -0.2) is 13.1 Å². The average Bonchev–Trinajstić information content (AvgIpc) is 2.54. The van der Waals surface area contributed by atoms with Gasteiger partial charge in [-0.15, -0.1) is 0 Å². The molecule has 0 radical (unpaired) electrons. The normalized spacial score (nSPS) is 36.9. The van der Waals surface area contributed by atoms with Crippen LogP contribution in [0.25, 0.3) is 0 Å². The van der Waals surface area contributed by atoms with Crippen LogP contribution in [0.5, 0.6) is 0 Å². The van der Waals surface area contributed by atoms with Crippen molar-refractivity contribution in [3.05, 3.63) is 0 Å². The lowest BCUT2D eigenvalue weighted by molar-refractivity contribution is 0.243. The molecule has 13 heavy (non-hydrogen) atoms. The zero-order valence-electron chi connectivity index (χ0n) is 9.32. The topological polar surface area (TPSA) is 12.0 Å².